The zero-order valence-electron chi connectivity index (χ0n) is 12.5. The minimum atomic E-state index is -0.833. The molecular weight excluding hydrogens is 283 g/mol. The molecule has 2 aromatic rings. The number of ether oxygens (including phenoxy) is 1. The quantitative estimate of drug-likeness (QED) is 0.781. The average Bonchev–Trinajstić information content (AvgIpc) is 2.48. The highest BCUT2D eigenvalue weighted by Gasteiger charge is 2.20. The number of halogens is 1. The molecule has 0 aromatic heterocycles. The summed E-state index contributed by atoms with van der Waals surface area (Å²) in [4.78, 5) is 11.5. The van der Waals surface area contributed by atoms with Crippen LogP contribution >= 0.6 is 0 Å². The van der Waals surface area contributed by atoms with Crippen molar-refractivity contribution in [1.82, 2.24) is 0 Å². The van der Waals surface area contributed by atoms with Crippen molar-refractivity contribution in [3.05, 3.63) is 65.5 Å². The number of benzene rings is 2. The third-order valence-electron chi connectivity index (χ3n) is 3.56. The topological polar surface area (TPSA) is 46.5 Å². The van der Waals surface area contributed by atoms with Gasteiger partial charge in [-0.05, 0) is 43.0 Å². The Labute approximate surface area is 129 Å². The average molecular weight is 302 g/mol. The van der Waals surface area contributed by atoms with E-state index in [0.29, 0.717) is 25.2 Å². The van der Waals surface area contributed by atoms with Crippen LogP contribution in [0.4, 0.5) is 4.39 Å². The molecule has 0 aliphatic carbocycles. The Bertz CT molecular complexity index is 640. The van der Waals surface area contributed by atoms with Crippen molar-refractivity contribution in [1.29, 1.82) is 0 Å². The number of hydrogen-bond donors (Lipinski definition) is 1. The number of aliphatic carboxylic acids is 1. The summed E-state index contributed by atoms with van der Waals surface area (Å²) in [6, 6.07) is 13.4. The molecule has 0 saturated carbocycles. The summed E-state index contributed by atoms with van der Waals surface area (Å²) in [6.07, 6.45) is 1.07. The zero-order valence-corrected chi connectivity index (χ0v) is 12.5. The highest BCUT2D eigenvalue weighted by molar-refractivity contribution is 5.76. The summed E-state index contributed by atoms with van der Waals surface area (Å²) in [5.74, 6) is -1.26. The number of carbonyl (C=O) groups is 1. The second kappa shape index (κ2) is 7.59. The van der Waals surface area contributed by atoms with Crippen LogP contribution in [0, 0.1) is 12.7 Å². The molecule has 0 heterocycles. The van der Waals surface area contributed by atoms with Crippen molar-refractivity contribution in [3.8, 4) is 5.75 Å². The molecular formula is C18H19FO3. The molecule has 0 saturated heterocycles. The highest BCUT2D eigenvalue weighted by atomic mass is 19.1. The Morgan fingerprint density at radius 1 is 1.23 bits per heavy atom. The van der Waals surface area contributed by atoms with E-state index >= 15 is 0 Å². The van der Waals surface area contributed by atoms with Crippen molar-refractivity contribution >= 4 is 5.97 Å². The first-order valence-electron chi connectivity index (χ1n) is 7.24. The summed E-state index contributed by atoms with van der Waals surface area (Å²) < 4.78 is 18.5. The minimum absolute atomic E-state index is 0.346. The third kappa shape index (κ3) is 4.32. The van der Waals surface area contributed by atoms with Crippen molar-refractivity contribution in [2.45, 2.75) is 25.7 Å². The smallest absolute Gasteiger partial charge is 0.310 e. The van der Waals surface area contributed by atoms with Crippen LogP contribution < -0.4 is 4.74 Å². The van der Waals surface area contributed by atoms with Crippen molar-refractivity contribution in [3.63, 3.8) is 0 Å². The van der Waals surface area contributed by atoms with E-state index < -0.39 is 11.9 Å². The highest BCUT2D eigenvalue weighted by Crippen LogP contribution is 2.25. The number of carboxylic acid groups (broad SMARTS) is 1. The van der Waals surface area contributed by atoms with Crippen LogP contribution in [0.15, 0.2) is 48.5 Å². The van der Waals surface area contributed by atoms with Gasteiger partial charge in [-0.15, -0.1) is 0 Å². The Balaban J connectivity index is 1.90. The number of rotatable bonds is 7. The van der Waals surface area contributed by atoms with E-state index in [-0.39, 0.29) is 5.82 Å². The first-order chi connectivity index (χ1) is 10.6. The van der Waals surface area contributed by atoms with Gasteiger partial charge in [-0.2, -0.15) is 0 Å². The lowest BCUT2D eigenvalue weighted by Crippen LogP contribution is -2.14. The molecule has 1 N–H and O–H groups in total. The summed E-state index contributed by atoms with van der Waals surface area (Å²) in [5, 5.41) is 9.41. The van der Waals surface area contributed by atoms with Crippen LogP contribution in [0.3, 0.4) is 0 Å². The molecule has 0 amide bonds. The maximum atomic E-state index is 13.0. The molecule has 2 aromatic carbocycles. The molecule has 0 radical (unpaired) electrons. The zero-order chi connectivity index (χ0) is 15.9. The molecule has 4 heteroatoms. The summed E-state index contributed by atoms with van der Waals surface area (Å²) in [5.41, 5.74) is 1.81. The van der Waals surface area contributed by atoms with Crippen LogP contribution in [-0.2, 0) is 4.79 Å². The minimum Gasteiger partial charge on any atom is -0.493 e. The van der Waals surface area contributed by atoms with Crippen LogP contribution in [0.1, 0.15) is 29.9 Å². The first kappa shape index (κ1) is 16.0. The molecule has 3 nitrogen and oxygen atoms in total. The van der Waals surface area contributed by atoms with Gasteiger partial charge in [0.15, 0.2) is 0 Å². The second-order valence-corrected chi connectivity index (χ2v) is 5.20. The number of aryl methyl sites for hydroxylation is 1. The molecule has 2 rings (SSSR count). The summed E-state index contributed by atoms with van der Waals surface area (Å²) in [6.45, 7) is 2.27. The maximum absolute atomic E-state index is 13.0. The maximum Gasteiger partial charge on any atom is 0.310 e. The largest absolute Gasteiger partial charge is 0.493 e. The fraction of sp³-hybridized carbons (Fsp3) is 0.278. The SMILES string of the molecule is Cc1ccccc1C(CCCOc1cccc(F)c1)C(=O)O. The van der Waals surface area contributed by atoms with Gasteiger partial charge in [-0.3, -0.25) is 4.79 Å². The van der Waals surface area contributed by atoms with Gasteiger partial charge < -0.3 is 9.84 Å². The lowest BCUT2D eigenvalue weighted by Gasteiger charge is -2.15. The fourth-order valence-corrected chi connectivity index (χ4v) is 2.42. The van der Waals surface area contributed by atoms with Crippen molar-refractivity contribution < 1.29 is 19.0 Å². The molecule has 0 spiro atoms. The molecule has 22 heavy (non-hydrogen) atoms. The fourth-order valence-electron chi connectivity index (χ4n) is 2.42. The molecule has 116 valence electrons. The van der Waals surface area contributed by atoms with Crippen LogP contribution in [-0.4, -0.2) is 17.7 Å². The third-order valence-corrected chi connectivity index (χ3v) is 3.56. The van der Waals surface area contributed by atoms with Crippen LogP contribution in [0.25, 0.3) is 0 Å². The normalized spacial score (nSPS) is 11.9. The molecule has 1 unspecified atom stereocenters. The lowest BCUT2D eigenvalue weighted by molar-refractivity contribution is -0.139. The van der Waals surface area contributed by atoms with Gasteiger partial charge in [0.2, 0.25) is 0 Å². The lowest BCUT2D eigenvalue weighted by atomic mass is 9.91. The second-order valence-electron chi connectivity index (χ2n) is 5.20. The van der Waals surface area contributed by atoms with Gasteiger partial charge in [-0.25, -0.2) is 4.39 Å². The van der Waals surface area contributed by atoms with Gasteiger partial charge in [0, 0.05) is 6.07 Å². The van der Waals surface area contributed by atoms with Crippen molar-refractivity contribution in [2.24, 2.45) is 0 Å². The summed E-state index contributed by atoms with van der Waals surface area (Å²) in [7, 11) is 0. The van der Waals surface area contributed by atoms with E-state index in [9.17, 15) is 14.3 Å². The number of carboxylic acids is 1. The van der Waals surface area contributed by atoms with E-state index in [1.165, 1.54) is 12.1 Å². The Kier molecular flexibility index (Phi) is 5.53. The predicted octanol–water partition coefficient (Wildman–Crippen LogP) is 4.16. The van der Waals surface area contributed by atoms with E-state index in [0.717, 1.165) is 11.1 Å². The van der Waals surface area contributed by atoms with E-state index in [1.807, 2.05) is 31.2 Å². The molecule has 1 atom stereocenters. The Morgan fingerprint density at radius 3 is 2.68 bits per heavy atom. The van der Waals surface area contributed by atoms with Gasteiger partial charge in [0.1, 0.15) is 11.6 Å². The van der Waals surface area contributed by atoms with Gasteiger partial charge in [-0.1, -0.05) is 30.3 Å². The van der Waals surface area contributed by atoms with Gasteiger partial charge in [0.05, 0.1) is 12.5 Å². The Hall–Kier alpha value is -2.36. The number of hydrogen-bond acceptors (Lipinski definition) is 2. The van der Waals surface area contributed by atoms with E-state index in [2.05, 4.69) is 0 Å². The van der Waals surface area contributed by atoms with Crippen LogP contribution in [0.2, 0.25) is 0 Å². The van der Waals surface area contributed by atoms with Crippen LogP contribution in [0.5, 0.6) is 5.75 Å². The van der Waals surface area contributed by atoms with E-state index in [1.54, 1.807) is 12.1 Å². The van der Waals surface area contributed by atoms with Gasteiger partial charge in [0.25, 0.3) is 0 Å². The molecule has 0 bridgehead atoms. The first-order valence-corrected chi connectivity index (χ1v) is 7.24. The predicted molar refractivity (Wildman–Crippen MR) is 82.7 cm³/mol. The molecule has 0 aliphatic rings. The molecule has 0 fully saturated rings. The standard InChI is InChI=1S/C18H19FO3/c1-13-6-2-3-9-16(13)17(18(20)21)10-5-11-22-15-8-4-7-14(19)12-15/h2-4,6-9,12,17H,5,10-11H2,1H3,(H,20,21). The van der Waals surface area contributed by atoms with Gasteiger partial charge >= 0.3 is 5.97 Å². The Morgan fingerprint density at radius 2 is 2.00 bits per heavy atom. The monoisotopic (exact) mass is 302 g/mol. The summed E-state index contributed by atoms with van der Waals surface area (Å²) >= 11 is 0. The van der Waals surface area contributed by atoms with E-state index in [4.69, 9.17) is 4.74 Å². The van der Waals surface area contributed by atoms with Crippen molar-refractivity contribution in [2.75, 3.05) is 6.61 Å². The molecule has 0 aliphatic heterocycles.